The van der Waals surface area contributed by atoms with E-state index in [1.165, 1.54) is 7.11 Å². The van der Waals surface area contributed by atoms with Gasteiger partial charge in [-0.3, -0.25) is 4.79 Å². The van der Waals surface area contributed by atoms with Crippen molar-refractivity contribution in [3.8, 4) is 0 Å². The standard InChI is InChI=1S/C5H11NO3.ClH/c1-9-5(8)2-4(6)3-7;/h4,7H,2-3,6H2,1H3;1H/t4-;/m0./s1. The van der Waals surface area contributed by atoms with E-state index in [4.69, 9.17) is 10.8 Å². The number of carbonyl (C=O) groups is 1. The lowest BCUT2D eigenvalue weighted by molar-refractivity contribution is -0.141. The van der Waals surface area contributed by atoms with Gasteiger partial charge in [-0.15, -0.1) is 12.4 Å². The number of hydrogen-bond acceptors (Lipinski definition) is 4. The molecule has 0 fully saturated rings. The summed E-state index contributed by atoms with van der Waals surface area (Å²) in [6.07, 6.45) is 0.0764. The molecule has 0 bridgehead atoms. The molecule has 0 aliphatic heterocycles. The molecule has 0 radical (unpaired) electrons. The Bertz CT molecular complexity index is 98.9. The highest BCUT2D eigenvalue weighted by Gasteiger charge is 2.06. The summed E-state index contributed by atoms with van der Waals surface area (Å²) in [7, 11) is 1.28. The fourth-order valence-corrected chi connectivity index (χ4v) is 0.362. The van der Waals surface area contributed by atoms with Crippen LogP contribution in [0.2, 0.25) is 0 Å². The SMILES string of the molecule is COC(=O)C[C@H](N)CO.Cl. The fraction of sp³-hybridized carbons (Fsp3) is 0.800. The molecule has 3 N–H and O–H groups in total. The van der Waals surface area contributed by atoms with Crippen LogP contribution >= 0.6 is 12.4 Å². The van der Waals surface area contributed by atoms with Crippen molar-refractivity contribution in [3.05, 3.63) is 0 Å². The molecule has 5 heteroatoms. The van der Waals surface area contributed by atoms with Gasteiger partial charge in [-0.1, -0.05) is 0 Å². The molecule has 0 aromatic rings. The number of ether oxygens (including phenoxy) is 1. The van der Waals surface area contributed by atoms with Gasteiger partial charge in [0.1, 0.15) is 0 Å². The van der Waals surface area contributed by atoms with E-state index in [0.29, 0.717) is 0 Å². The van der Waals surface area contributed by atoms with E-state index in [1.807, 2.05) is 0 Å². The summed E-state index contributed by atoms with van der Waals surface area (Å²) in [6.45, 7) is -0.185. The minimum Gasteiger partial charge on any atom is -0.469 e. The second-order valence-corrected chi connectivity index (χ2v) is 1.72. The van der Waals surface area contributed by atoms with Crippen LogP contribution in [0, 0.1) is 0 Å². The summed E-state index contributed by atoms with van der Waals surface area (Å²) in [5, 5.41) is 8.35. The zero-order valence-corrected chi connectivity index (χ0v) is 6.56. The minimum absolute atomic E-state index is 0. The third-order valence-electron chi connectivity index (χ3n) is 0.891. The number of nitrogens with two attached hydrogens (primary N) is 1. The van der Waals surface area contributed by atoms with Crippen molar-refractivity contribution in [1.82, 2.24) is 0 Å². The Balaban J connectivity index is 0. The summed E-state index contributed by atoms with van der Waals surface area (Å²) >= 11 is 0. The van der Waals surface area contributed by atoms with Crippen LogP contribution in [0.25, 0.3) is 0 Å². The van der Waals surface area contributed by atoms with Gasteiger partial charge in [0.15, 0.2) is 0 Å². The number of carbonyl (C=O) groups excluding carboxylic acids is 1. The highest BCUT2D eigenvalue weighted by Crippen LogP contribution is 1.87. The quantitative estimate of drug-likeness (QED) is 0.548. The number of aliphatic hydroxyl groups excluding tert-OH is 1. The predicted molar refractivity (Wildman–Crippen MR) is 38.9 cm³/mol. The number of aliphatic hydroxyl groups is 1. The lowest BCUT2D eigenvalue weighted by Gasteiger charge is -2.03. The lowest BCUT2D eigenvalue weighted by atomic mass is 10.2. The molecule has 0 rings (SSSR count). The van der Waals surface area contributed by atoms with Crippen molar-refractivity contribution in [2.75, 3.05) is 13.7 Å². The fourth-order valence-electron chi connectivity index (χ4n) is 0.362. The molecule has 62 valence electrons. The van der Waals surface area contributed by atoms with Gasteiger partial charge in [-0.25, -0.2) is 0 Å². The number of hydrogen-bond donors (Lipinski definition) is 2. The van der Waals surface area contributed by atoms with Crippen LogP contribution in [0.5, 0.6) is 0 Å². The lowest BCUT2D eigenvalue weighted by Crippen LogP contribution is -2.27. The maximum absolute atomic E-state index is 10.4. The van der Waals surface area contributed by atoms with Gasteiger partial charge in [0, 0.05) is 6.04 Å². The van der Waals surface area contributed by atoms with E-state index in [0.717, 1.165) is 0 Å². The van der Waals surface area contributed by atoms with E-state index in [1.54, 1.807) is 0 Å². The highest BCUT2D eigenvalue weighted by molar-refractivity contribution is 5.85. The average molecular weight is 170 g/mol. The first kappa shape index (κ1) is 12.4. The number of esters is 1. The van der Waals surface area contributed by atoms with Crippen LogP contribution in [0.4, 0.5) is 0 Å². The van der Waals surface area contributed by atoms with Gasteiger partial charge in [0.05, 0.1) is 20.1 Å². The average Bonchev–Trinajstić information content (AvgIpc) is 1.87. The summed E-state index contributed by atoms with van der Waals surface area (Å²) in [5.74, 6) is -0.392. The van der Waals surface area contributed by atoms with E-state index in [2.05, 4.69) is 4.74 Å². The molecular formula is C5H12ClNO3. The number of halogens is 1. The van der Waals surface area contributed by atoms with E-state index in [9.17, 15) is 4.79 Å². The number of methoxy groups -OCH3 is 1. The normalized spacial score (nSPS) is 11.5. The van der Waals surface area contributed by atoms with Crippen molar-refractivity contribution in [2.24, 2.45) is 5.73 Å². The molecule has 0 aliphatic carbocycles. The molecule has 0 heterocycles. The third-order valence-corrected chi connectivity index (χ3v) is 0.891. The molecule has 0 saturated heterocycles. The summed E-state index contributed by atoms with van der Waals surface area (Å²) in [5.41, 5.74) is 5.20. The van der Waals surface area contributed by atoms with Gasteiger partial charge in [0.2, 0.25) is 0 Å². The molecule has 0 aromatic carbocycles. The maximum atomic E-state index is 10.4. The monoisotopic (exact) mass is 169 g/mol. The topological polar surface area (TPSA) is 72.5 Å². The van der Waals surface area contributed by atoms with Crippen molar-refractivity contribution < 1.29 is 14.6 Å². The molecule has 0 unspecified atom stereocenters. The first-order valence-corrected chi connectivity index (χ1v) is 2.64. The van der Waals surface area contributed by atoms with E-state index >= 15 is 0 Å². The largest absolute Gasteiger partial charge is 0.469 e. The smallest absolute Gasteiger partial charge is 0.307 e. The Kier molecular flexibility index (Phi) is 8.40. The summed E-state index contributed by atoms with van der Waals surface area (Å²) in [6, 6.07) is -0.488. The van der Waals surface area contributed by atoms with Crippen LogP contribution in [-0.2, 0) is 9.53 Å². The first-order chi connectivity index (χ1) is 4.20. The maximum Gasteiger partial charge on any atom is 0.307 e. The minimum atomic E-state index is -0.488. The zero-order valence-electron chi connectivity index (χ0n) is 5.74. The van der Waals surface area contributed by atoms with Crippen LogP contribution in [0.15, 0.2) is 0 Å². The van der Waals surface area contributed by atoms with Crippen LogP contribution in [0.1, 0.15) is 6.42 Å². The van der Waals surface area contributed by atoms with Crippen molar-refractivity contribution in [3.63, 3.8) is 0 Å². The van der Waals surface area contributed by atoms with Gasteiger partial charge in [-0.2, -0.15) is 0 Å². The van der Waals surface area contributed by atoms with Gasteiger partial charge in [0.25, 0.3) is 0 Å². The van der Waals surface area contributed by atoms with E-state index < -0.39 is 12.0 Å². The molecule has 0 spiro atoms. The van der Waals surface area contributed by atoms with Crippen LogP contribution in [0.3, 0.4) is 0 Å². The molecule has 0 amide bonds. The number of rotatable bonds is 3. The first-order valence-electron chi connectivity index (χ1n) is 2.64. The summed E-state index contributed by atoms with van der Waals surface area (Å²) < 4.78 is 4.29. The Morgan fingerprint density at radius 2 is 2.30 bits per heavy atom. The second-order valence-electron chi connectivity index (χ2n) is 1.72. The van der Waals surface area contributed by atoms with Crippen molar-refractivity contribution in [2.45, 2.75) is 12.5 Å². The zero-order chi connectivity index (χ0) is 7.28. The third kappa shape index (κ3) is 5.81. The Labute approximate surface area is 65.8 Å². The molecule has 10 heavy (non-hydrogen) atoms. The van der Waals surface area contributed by atoms with Gasteiger partial charge >= 0.3 is 5.97 Å². The van der Waals surface area contributed by atoms with Crippen molar-refractivity contribution >= 4 is 18.4 Å². The Morgan fingerprint density at radius 1 is 1.80 bits per heavy atom. The molecule has 0 aromatic heterocycles. The summed E-state index contributed by atoms with van der Waals surface area (Å²) in [4.78, 5) is 10.4. The highest BCUT2D eigenvalue weighted by atomic mass is 35.5. The predicted octanol–water partition coefficient (Wildman–Crippen LogP) is -0.709. The Morgan fingerprint density at radius 3 is 2.60 bits per heavy atom. The second kappa shape index (κ2) is 6.80. The molecule has 1 atom stereocenters. The Hall–Kier alpha value is -0.320. The van der Waals surface area contributed by atoms with Gasteiger partial charge < -0.3 is 15.6 Å². The van der Waals surface area contributed by atoms with Crippen LogP contribution < -0.4 is 5.73 Å². The molecular weight excluding hydrogens is 158 g/mol. The molecule has 4 nitrogen and oxygen atoms in total. The van der Waals surface area contributed by atoms with Gasteiger partial charge in [-0.05, 0) is 0 Å². The van der Waals surface area contributed by atoms with E-state index in [-0.39, 0.29) is 25.4 Å². The van der Waals surface area contributed by atoms with Crippen molar-refractivity contribution in [1.29, 1.82) is 0 Å². The van der Waals surface area contributed by atoms with Crippen LogP contribution in [-0.4, -0.2) is 30.8 Å². The molecule has 0 saturated carbocycles. The molecule has 0 aliphatic rings.